The van der Waals surface area contributed by atoms with Gasteiger partial charge in [-0.1, -0.05) is 12.8 Å². The Morgan fingerprint density at radius 3 is 2.50 bits per heavy atom. The number of ether oxygens (including phenoxy) is 1. The molecule has 0 aliphatic carbocycles. The Hall–Kier alpha value is -0.650. The normalized spacial score (nSPS) is 21.1. The molecule has 0 saturated carbocycles. The zero-order valence-electron chi connectivity index (χ0n) is 11.5. The lowest BCUT2D eigenvalue weighted by atomic mass is 10.2. The molecule has 0 radical (unpaired) electrons. The summed E-state index contributed by atoms with van der Waals surface area (Å²) in [5, 5.41) is 12.3. The number of amides is 1. The van der Waals surface area contributed by atoms with E-state index in [-0.39, 0.29) is 25.1 Å². The van der Waals surface area contributed by atoms with E-state index in [0.29, 0.717) is 0 Å². The number of rotatable bonds is 6. The Balaban J connectivity index is 2.30. The van der Waals surface area contributed by atoms with Gasteiger partial charge in [0.1, 0.15) is 0 Å². The number of nitrogens with one attached hydrogen (secondary N) is 1. The van der Waals surface area contributed by atoms with Crippen LogP contribution in [0.25, 0.3) is 0 Å². The number of carbonyl (C=O) groups is 1. The fourth-order valence-corrected chi connectivity index (χ4v) is 2.27. The van der Waals surface area contributed by atoms with Crippen molar-refractivity contribution in [3.63, 3.8) is 0 Å². The van der Waals surface area contributed by atoms with Crippen molar-refractivity contribution < 1.29 is 14.6 Å². The molecular formula is C13H26N2O3. The molecule has 2 N–H and O–H groups in total. The molecule has 0 spiro atoms. The summed E-state index contributed by atoms with van der Waals surface area (Å²) in [6, 6.07) is -0.113. The van der Waals surface area contributed by atoms with Crippen molar-refractivity contribution in [3.8, 4) is 0 Å². The van der Waals surface area contributed by atoms with E-state index >= 15 is 0 Å². The monoisotopic (exact) mass is 258 g/mol. The van der Waals surface area contributed by atoms with E-state index in [1.54, 1.807) is 0 Å². The lowest BCUT2D eigenvalue weighted by molar-refractivity contribution is -0.126. The maximum absolute atomic E-state index is 12.0. The smallest absolute Gasteiger partial charge is 0.237 e. The van der Waals surface area contributed by atoms with E-state index in [4.69, 9.17) is 4.74 Å². The van der Waals surface area contributed by atoms with E-state index in [1.165, 1.54) is 32.8 Å². The van der Waals surface area contributed by atoms with Gasteiger partial charge in [-0.3, -0.25) is 9.69 Å². The molecule has 1 saturated heterocycles. The van der Waals surface area contributed by atoms with Gasteiger partial charge in [0.15, 0.2) is 0 Å². The molecule has 18 heavy (non-hydrogen) atoms. The molecule has 0 aromatic rings. The van der Waals surface area contributed by atoms with Crippen molar-refractivity contribution in [2.24, 2.45) is 0 Å². The van der Waals surface area contributed by atoms with Crippen LogP contribution < -0.4 is 5.32 Å². The first-order valence-electron chi connectivity index (χ1n) is 6.84. The summed E-state index contributed by atoms with van der Waals surface area (Å²) in [7, 11) is 1.53. The van der Waals surface area contributed by atoms with Crippen LogP contribution in [0.4, 0.5) is 0 Å². The van der Waals surface area contributed by atoms with Crippen LogP contribution in [-0.2, 0) is 9.53 Å². The topological polar surface area (TPSA) is 61.8 Å². The van der Waals surface area contributed by atoms with Crippen molar-refractivity contribution in [2.45, 2.75) is 44.8 Å². The minimum absolute atomic E-state index is 0.00736. The number of aliphatic hydroxyl groups is 1. The molecule has 0 aromatic carbocycles. The van der Waals surface area contributed by atoms with Gasteiger partial charge in [-0.25, -0.2) is 0 Å². The first kappa shape index (κ1) is 15.4. The van der Waals surface area contributed by atoms with Crippen LogP contribution in [0.1, 0.15) is 32.6 Å². The molecule has 1 amide bonds. The molecule has 1 rings (SSSR count). The number of aliphatic hydroxyl groups excluding tert-OH is 1. The van der Waals surface area contributed by atoms with Gasteiger partial charge in [0.2, 0.25) is 5.91 Å². The highest BCUT2D eigenvalue weighted by Gasteiger charge is 2.22. The first-order chi connectivity index (χ1) is 8.65. The van der Waals surface area contributed by atoms with E-state index in [9.17, 15) is 9.90 Å². The Morgan fingerprint density at radius 1 is 1.33 bits per heavy atom. The van der Waals surface area contributed by atoms with Crippen molar-refractivity contribution in [1.29, 1.82) is 0 Å². The average Bonchev–Trinajstić information content (AvgIpc) is 2.64. The predicted molar refractivity (Wildman–Crippen MR) is 70.4 cm³/mol. The fraction of sp³-hybridized carbons (Fsp3) is 0.923. The first-order valence-corrected chi connectivity index (χ1v) is 6.84. The molecule has 0 bridgehead atoms. The second-order valence-corrected chi connectivity index (χ2v) is 4.98. The van der Waals surface area contributed by atoms with Crippen molar-refractivity contribution in [1.82, 2.24) is 10.2 Å². The summed E-state index contributed by atoms with van der Waals surface area (Å²) in [6.07, 6.45) is 4.23. The summed E-state index contributed by atoms with van der Waals surface area (Å²) in [4.78, 5) is 14.2. The predicted octanol–water partition coefficient (Wildman–Crippen LogP) is 0.374. The highest BCUT2D eigenvalue weighted by molar-refractivity contribution is 5.81. The molecule has 2 atom stereocenters. The third-order valence-electron chi connectivity index (χ3n) is 3.44. The number of carbonyl (C=O) groups excluding carboxylic acids is 1. The second kappa shape index (κ2) is 8.45. The van der Waals surface area contributed by atoms with E-state index in [1.807, 2.05) is 6.92 Å². The van der Waals surface area contributed by atoms with Crippen molar-refractivity contribution in [2.75, 3.05) is 33.4 Å². The maximum Gasteiger partial charge on any atom is 0.237 e. The van der Waals surface area contributed by atoms with E-state index in [2.05, 4.69) is 10.2 Å². The zero-order valence-corrected chi connectivity index (χ0v) is 11.5. The third kappa shape index (κ3) is 5.33. The van der Waals surface area contributed by atoms with Crippen LogP contribution in [-0.4, -0.2) is 61.4 Å². The number of hydrogen-bond donors (Lipinski definition) is 2. The molecule has 0 aromatic heterocycles. The molecule has 1 heterocycles. The highest BCUT2D eigenvalue weighted by atomic mass is 16.5. The Kier molecular flexibility index (Phi) is 7.23. The Morgan fingerprint density at radius 2 is 1.94 bits per heavy atom. The van der Waals surface area contributed by atoms with Gasteiger partial charge in [0.05, 0.1) is 18.8 Å². The van der Waals surface area contributed by atoms with Gasteiger partial charge in [0.25, 0.3) is 0 Å². The summed E-state index contributed by atoms with van der Waals surface area (Å²) < 4.78 is 4.82. The molecule has 5 nitrogen and oxygen atoms in total. The summed E-state index contributed by atoms with van der Waals surface area (Å²) >= 11 is 0. The molecule has 1 aliphatic heterocycles. The number of nitrogens with zero attached hydrogens (tertiary/aromatic N) is 1. The molecule has 0 unspecified atom stereocenters. The minimum Gasteiger partial charge on any atom is -0.389 e. The van der Waals surface area contributed by atoms with Crippen molar-refractivity contribution >= 4 is 5.91 Å². The van der Waals surface area contributed by atoms with Crippen LogP contribution in [0.15, 0.2) is 0 Å². The summed E-state index contributed by atoms with van der Waals surface area (Å²) in [5.74, 6) is -0.00736. The Bertz CT molecular complexity index is 240. The van der Waals surface area contributed by atoms with Gasteiger partial charge in [-0.2, -0.15) is 0 Å². The van der Waals surface area contributed by atoms with Crippen LogP contribution in [0.3, 0.4) is 0 Å². The van der Waals surface area contributed by atoms with Gasteiger partial charge >= 0.3 is 0 Å². The van der Waals surface area contributed by atoms with Crippen LogP contribution in [0.2, 0.25) is 0 Å². The standard InChI is InChI=1S/C13H26N2O3/c1-11(15-7-5-3-4-6-8-15)13(17)14-9-12(16)10-18-2/h11-12,16H,3-10H2,1-2H3,(H,14,17)/t11-,12+/m1/s1. The summed E-state index contributed by atoms with van der Waals surface area (Å²) in [5.41, 5.74) is 0. The largest absolute Gasteiger partial charge is 0.389 e. The molecule has 1 fully saturated rings. The second-order valence-electron chi connectivity index (χ2n) is 4.98. The number of likely N-dealkylation sites (tertiary alicyclic amines) is 1. The lowest BCUT2D eigenvalue weighted by Crippen LogP contribution is -2.47. The van der Waals surface area contributed by atoms with Gasteiger partial charge < -0.3 is 15.2 Å². The summed E-state index contributed by atoms with van der Waals surface area (Å²) in [6.45, 7) is 4.43. The molecular weight excluding hydrogens is 232 g/mol. The van der Waals surface area contributed by atoms with E-state index < -0.39 is 6.10 Å². The van der Waals surface area contributed by atoms with Crippen molar-refractivity contribution in [3.05, 3.63) is 0 Å². The molecule has 106 valence electrons. The molecule has 5 heteroatoms. The zero-order chi connectivity index (χ0) is 13.4. The number of methoxy groups -OCH3 is 1. The maximum atomic E-state index is 12.0. The number of hydrogen-bond acceptors (Lipinski definition) is 4. The third-order valence-corrected chi connectivity index (χ3v) is 3.44. The van der Waals surface area contributed by atoms with Crippen LogP contribution in [0.5, 0.6) is 0 Å². The Labute approximate surface area is 109 Å². The van der Waals surface area contributed by atoms with Crippen LogP contribution >= 0.6 is 0 Å². The quantitative estimate of drug-likeness (QED) is 0.723. The average molecular weight is 258 g/mol. The SMILES string of the molecule is COC[C@@H](O)CNC(=O)[C@@H](C)N1CCCCCC1. The lowest BCUT2D eigenvalue weighted by Gasteiger charge is -2.26. The minimum atomic E-state index is -0.629. The van der Waals surface area contributed by atoms with Gasteiger partial charge in [0, 0.05) is 13.7 Å². The van der Waals surface area contributed by atoms with Gasteiger partial charge in [-0.05, 0) is 32.9 Å². The highest BCUT2D eigenvalue weighted by Crippen LogP contribution is 2.12. The fourth-order valence-electron chi connectivity index (χ4n) is 2.27. The van der Waals surface area contributed by atoms with E-state index in [0.717, 1.165) is 13.1 Å². The van der Waals surface area contributed by atoms with Gasteiger partial charge in [-0.15, -0.1) is 0 Å². The molecule has 1 aliphatic rings. The van der Waals surface area contributed by atoms with Crippen LogP contribution in [0, 0.1) is 0 Å².